The average molecular weight is 312 g/mol. The number of carbonyl (C=O) groups excluding carboxylic acids is 1. The van der Waals surface area contributed by atoms with Gasteiger partial charge in [0.05, 0.1) is 0 Å². The topological polar surface area (TPSA) is 34.5 Å². The van der Waals surface area contributed by atoms with Crippen molar-refractivity contribution >= 4 is 5.91 Å². The molecule has 0 fully saturated rings. The highest BCUT2D eigenvalue weighted by Crippen LogP contribution is 2.23. The van der Waals surface area contributed by atoms with Gasteiger partial charge in [-0.05, 0) is 29.8 Å². The maximum Gasteiger partial charge on any atom is 0.573 e. The van der Waals surface area contributed by atoms with E-state index in [1.807, 2.05) is 0 Å². The van der Waals surface area contributed by atoms with Gasteiger partial charge in [-0.2, -0.15) is 0 Å². The standard InChI is InChI=1S/C15H15F3N2O2/c1-19-9-3-4-13(19)14(21)20(2)10-11-5-7-12(8-6-11)22-15(16,17)18/h3-9H,10H2,1-2H3. The number of benzene rings is 1. The Morgan fingerprint density at radius 2 is 1.86 bits per heavy atom. The van der Waals surface area contributed by atoms with Crippen LogP contribution < -0.4 is 4.74 Å². The van der Waals surface area contributed by atoms with Gasteiger partial charge in [0.15, 0.2) is 0 Å². The van der Waals surface area contributed by atoms with Crippen LogP contribution in [-0.2, 0) is 13.6 Å². The third kappa shape index (κ3) is 4.03. The number of alkyl halides is 3. The van der Waals surface area contributed by atoms with Crippen molar-refractivity contribution < 1.29 is 22.7 Å². The van der Waals surface area contributed by atoms with E-state index in [0.717, 1.165) is 0 Å². The van der Waals surface area contributed by atoms with Crippen molar-refractivity contribution in [2.45, 2.75) is 12.9 Å². The molecule has 0 N–H and O–H groups in total. The van der Waals surface area contributed by atoms with Crippen LogP contribution >= 0.6 is 0 Å². The van der Waals surface area contributed by atoms with E-state index in [4.69, 9.17) is 0 Å². The molecule has 0 bridgehead atoms. The van der Waals surface area contributed by atoms with E-state index < -0.39 is 6.36 Å². The van der Waals surface area contributed by atoms with Crippen molar-refractivity contribution in [1.82, 2.24) is 9.47 Å². The van der Waals surface area contributed by atoms with Gasteiger partial charge < -0.3 is 14.2 Å². The number of nitrogens with zero attached hydrogens (tertiary/aromatic N) is 2. The number of carbonyl (C=O) groups is 1. The molecule has 0 spiro atoms. The van der Waals surface area contributed by atoms with Crippen LogP contribution in [-0.4, -0.2) is 28.8 Å². The van der Waals surface area contributed by atoms with Crippen molar-refractivity contribution in [3.05, 3.63) is 53.9 Å². The second-order valence-electron chi connectivity index (χ2n) is 4.86. The summed E-state index contributed by atoms with van der Waals surface area (Å²) in [7, 11) is 3.40. The predicted octanol–water partition coefficient (Wildman–Crippen LogP) is 3.20. The van der Waals surface area contributed by atoms with Crippen molar-refractivity contribution in [2.75, 3.05) is 7.05 Å². The molecular weight excluding hydrogens is 297 g/mol. The summed E-state index contributed by atoms with van der Waals surface area (Å²) in [5.41, 5.74) is 1.25. The molecule has 0 atom stereocenters. The zero-order valence-electron chi connectivity index (χ0n) is 12.1. The monoisotopic (exact) mass is 312 g/mol. The van der Waals surface area contributed by atoms with E-state index in [1.165, 1.54) is 29.2 Å². The summed E-state index contributed by atoms with van der Waals surface area (Å²) in [5, 5.41) is 0. The summed E-state index contributed by atoms with van der Waals surface area (Å²) in [6.45, 7) is 0.288. The molecule has 1 amide bonds. The van der Waals surface area contributed by atoms with E-state index >= 15 is 0 Å². The lowest BCUT2D eigenvalue weighted by Gasteiger charge is -2.18. The second kappa shape index (κ2) is 6.13. The molecule has 2 rings (SSSR count). The number of rotatable bonds is 4. The summed E-state index contributed by atoms with van der Waals surface area (Å²) in [5.74, 6) is -0.448. The van der Waals surface area contributed by atoms with Crippen LogP contribution in [0.15, 0.2) is 42.6 Å². The lowest BCUT2D eigenvalue weighted by Crippen LogP contribution is -2.27. The van der Waals surface area contributed by atoms with Crippen LogP contribution in [0.3, 0.4) is 0 Å². The molecule has 4 nitrogen and oxygen atoms in total. The Kier molecular flexibility index (Phi) is 4.44. The molecule has 22 heavy (non-hydrogen) atoms. The molecule has 1 aromatic heterocycles. The van der Waals surface area contributed by atoms with Crippen LogP contribution in [0, 0.1) is 0 Å². The summed E-state index contributed by atoms with van der Waals surface area (Å²) in [6.07, 6.45) is -2.94. The third-order valence-corrected chi connectivity index (χ3v) is 3.09. The first-order valence-corrected chi connectivity index (χ1v) is 6.48. The maximum atomic E-state index is 12.2. The number of hydrogen-bond donors (Lipinski definition) is 0. The Balaban J connectivity index is 2.01. The maximum absolute atomic E-state index is 12.2. The number of aryl methyl sites for hydroxylation is 1. The quantitative estimate of drug-likeness (QED) is 0.869. The fraction of sp³-hybridized carbons (Fsp3) is 0.267. The highest BCUT2D eigenvalue weighted by Gasteiger charge is 2.30. The van der Waals surface area contributed by atoms with Gasteiger partial charge in [0.25, 0.3) is 5.91 Å². The number of aromatic nitrogens is 1. The first-order valence-electron chi connectivity index (χ1n) is 6.48. The van der Waals surface area contributed by atoms with Gasteiger partial charge in [-0.3, -0.25) is 4.79 Å². The van der Waals surface area contributed by atoms with Crippen molar-refractivity contribution in [3.8, 4) is 5.75 Å². The highest BCUT2D eigenvalue weighted by atomic mass is 19.4. The summed E-state index contributed by atoms with van der Waals surface area (Å²) >= 11 is 0. The van der Waals surface area contributed by atoms with Crippen molar-refractivity contribution in [2.24, 2.45) is 7.05 Å². The highest BCUT2D eigenvalue weighted by molar-refractivity contribution is 5.92. The predicted molar refractivity (Wildman–Crippen MR) is 74.3 cm³/mol. The molecule has 0 aliphatic carbocycles. The Hall–Kier alpha value is -2.44. The minimum absolute atomic E-state index is 0.164. The molecule has 1 heterocycles. The first-order chi connectivity index (χ1) is 10.3. The van der Waals surface area contributed by atoms with Gasteiger partial charge in [0.2, 0.25) is 0 Å². The van der Waals surface area contributed by atoms with Crippen LogP contribution in [0.2, 0.25) is 0 Å². The minimum Gasteiger partial charge on any atom is -0.406 e. The lowest BCUT2D eigenvalue weighted by atomic mass is 10.2. The molecular formula is C15H15F3N2O2. The summed E-state index contributed by atoms with van der Waals surface area (Å²) in [4.78, 5) is 13.7. The van der Waals surface area contributed by atoms with Crippen LogP contribution in [0.4, 0.5) is 13.2 Å². The molecule has 0 unspecified atom stereocenters. The van der Waals surface area contributed by atoms with Crippen molar-refractivity contribution in [1.29, 1.82) is 0 Å². The van der Waals surface area contributed by atoms with E-state index in [0.29, 0.717) is 11.3 Å². The number of ether oxygens (including phenoxy) is 1. The van der Waals surface area contributed by atoms with Crippen LogP contribution in [0.1, 0.15) is 16.1 Å². The molecule has 0 aliphatic heterocycles. The zero-order chi connectivity index (χ0) is 16.3. The van der Waals surface area contributed by atoms with Crippen LogP contribution in [0.5, 0.6) is 5.75 Å². The van der Waals surface area contributed by atoms with E-state index in [9.17, 15) is 18.0 Å². The largest absolute Gasteiger partial charge is 0.573 e. The van der Waals surface area contributed by atoms with Gasteiger partial charge in [-0.25, -0.2) is 0 Å². The molecule has 1 aromatic carbocycles. The Morgan fingerprint density at radius 3 is 2.36 bits per heavy atom. The minimum atomic E-state index is -4.71. The summed E-state index contributed by atoms with van der Waals surface area (Å²) < 4.78 is 41.7. The Morgan fingerprint density at radius 1 is 1.23 bits per heavy atom. The average Bonchev–Trinajstić information content (AvgIpc) is 2.84. The van der Waals surface area contributed by atoms with Gasteiger partial charge in [-0.15, -0.1) is 13.2 Å². The van der Waals surface area contributed by atoms with E-state index in [-0.39, 0.29) is 18.2 Å². The first kappa shape index (κ1) is 15.9. The smallest absolute Gasteiger partial charge is 0.406 e. The fourth-order valence-electron chi connectivity index (χ4n) is 2.02. The Labute approximate surface area is 125 Å². The molecule has 0 saturated carbocycles. The molecule has 7 heteroatoms. The third-order valence-electron chi connectivity index (χ3n) is 3.09. The molecule has 0 radical (unpaired) electrons. The Bertz CT molecular complexity index is 648. The van der Waals surface area contributed by atoms with Gasteiger partial charge in [-0.1, -0.05) is 12.1 Å². The molecule has 2 aromatic rings. The zero-order valence-corrected chi connectivity index (χ0v) is 12.1. The van der Waals surface area contributed by atoms with Gasteiger partial charge in [0.1, 0.15) is 11.4 Å². The molecule has 0 saturated heterocycles. The van der Waals surface area contributed by atoms with Crippen molar-refractivity contribution in [3.63, 3.8) is 0 Å². The number of halogens is 3. The number of hydrogen-bond acceptors (Lipinski definition) is 2. The summed E-state index contributed by atoms with van der Waals surface area (Å²) in [6, 6.07) is 8.92. The second-order valence-corrected chi connectivity index (χ2v) is 4.86. The van der Waals surface area contributed by atoms with Gasteiger partial charge >= 0.3 is 6.36 Å². The molecule has 118 valence electrons. The fourth-order valence-corrected chi connectivity index (χ4v) is 2.02. The van der Waals surface area contributed by atoms with E-state index in [2.05, 4.69) is 4.74 Å². The van der Waals surface area contributed by atoms with Gasteiger partial charge in [0, 0.05) is 26.8 Å². The van der Waals surface area contributed by atoms with E-state index in [1.54, 1.807) is 37.0 Å². The number of amides is 1. The lowest BCUT2D eigenvalue weighted by molar-refractivity contribution is -0.274. The SMILES string of the molecule is CN(Cc1ccc(OC(F)(F)F)cc1)C(=O)c1cccn1C. The van der Waals surface area contributed by atoms with Crippen LogP contribution in [0.25, 0.3) is 0 Å². The molecule has 0 aliphatic rings. The normalized spacial score (nSPS) is 11.3.